The van der Waals surface area contributed by atoms with Crippen LogP contribution in [-0.2, 0) is 29.1 Å². The van der Waals surface area contributed by atoms with Gasteiger partial charge in [-0.2, -0.15) is 0 Å². The molecule has 0 saturated heterocycles. The fourth-order valence-corrected chi connectivity index (χ4v) is 1.27. The highest BCUT2D eigenvalue weighted by Crippen LogP contribution is 2.24. The number of carbonyl (C=O) groups is 2. The molecule has 0 aromatic carbocycles. The van der Waals surface area contributed by atoms with E-state index < -0.39 is 17.7 Å². The van der Waals surface area contributed by atoms with Gasteiger partial charge in [-0.3, -0.25) is 9.78 Å². The van der Waals surface area contributed by atoms with E-state index in [1.807, 2.05) is 13.8 Å². The lowest BCUT2D eigenvalue weighted by atomic mass is 10.0. The smallest absolute Gasteiger partial charge is 0.295 e. The van der Waals surface area contributed by atoms with Gasteiger partial charge in [0.15, 0.2) is 0 Å². The van der Waals surface area contributed by atoms with Crippen molar-refractivity contribution < 1.29 is 29.1 Å². The van der Waals surface area contributed by atoms with E-state index in [2.05, 4.69) is 0 Å². The summed E-state index contributed by atoms with van der Waals surface area (Å²) < 4.78 is 0. The molecule has 0 fully saturated rings. The lowest BCUT2D eigenvalue weighted by Gasteiger charge is -2.27. The summed E-state index contributed by atoms with van der Waals surface area (Å²) in [6.07, 6.45) is 0.393. The zero-order valence-corrected chi connectivity index (χ0v) is 13.4. The van der Waals surface area contributed by atoms with Crippen LogP contribution in [0.1, 0.15) is 54.9 Å². The predicted octanol–water partition coefficient (Wildman–Crippen LogP) is 3.01. The molecule has 0 rings (SSSR count). The summed E-state index contributed by atoms with van der Waals surface area (Å²) in [4.78, 5) is 42.3. The van der Waals surface area contributed by atoms with Crippen molar-refractivity contribution in [1.29, 1.82) is 0 Å². The van der Waals surface area contributed by atoms with Gasteiger partial charge in [0.25, 0.3) is 5.79 Å². The van der Waals surface area contributed by atoms with Gasteiger partial charge in [0, 0.05) is 6.42 Å². The Morgan fingerprint density at radius 1 is 0.850 bits per heavy atom. The van der Waals surface area contributed by atoms with Gasteiger partial charge in [-0.05, 0) is 12.8 Å². The Labute approximate surface area is 120 Å². The van der Waals surface area contributed by atoms with Crippen LogP contribution in [-0.4, -0.2) is 17.7 Å². The molecule has 0 aromatic heterocycles. The molecule has 0 bridgehead atoms. The van der Waals surface area contributed by atoms with E-state index in [4.69, 9.17) is 19.6 Å². The monoisotopic (exact) mass is 290 g/mol. The van der Waals surface area contributed by atoms with Crippen molar-refractivity contribution in [3.05, 3.63) is 0 Å². The molecule has 0 aliphatic carbocycles. The summed E-state index contributed by atoms with van der Waals surface area (Å²) >= 11 is 0. The third-order valence-corrected chi connectivity index (χ3v) is 2.32. The second kappa shape index (κ2) is 8.21. The van der Waals surface area contributed by atoms with E-state index in [0.717, 1.165) is 0 Å². The Morgan fingerprint density at radius 2 is 1.20 bits per heavy atom. The Hall–Kier alpha value is -1.14. The zero-order valence-electron chi connectivity index (χ0n) is 13.4. The van der Waals surface area contributed by atoms with Crippen molar-refractivity contribution in [3.63, 3.8) is 0 Å². The van der Waals surface area contributed by atoms with Crippen molar-refractivity contribution in [2.24, 2.45) is 17.8 Å². The summed E-state index contributed by atoms with van der Waals surface area (Å²) in [5.41, 5.74) is 0. The maximum Gasteiger partial charge on any atom is 0.345 e. The lowest BCUT2D eigenvalue weighted by molar-refractivity contribution is -0.480. The average molecular weight is 290 g/mol. The first-order valence-electron chi connectivity index (χ1n) is 6.86. The highest BCUT2D eigenvalue weighted by Gasteiger charge is 2.34. The van der Waals surface area contributed by atoms with E-state index in [1.165, 1.54) is 0 Å². The number of carbonyl (C=O) groups excluding carboxylic acids is 2. The van der Waals surface area contributed by atoms with Crippen molar-refractivity contribution in [3.8, 4) is 0 Å². The number of hydrogen-bond donors (Lipinski definition) is 0. The molecule has 0 saturated carbocycles. The van der Waals surface area contributed by atoms with Crippen LogP contribution in [0.5, 0.6) is 0 Å². The Kier molecular flexibility index (Phi) is 7.75. The molecular weight excluding hydrogens is 264 g/mol. The number of hydrogen-bond acceptors (Lipinski definition) is 6. The predicted molar refractivity (Wildman–Crippen MR) is 71.9 cm³/mol. The van der Waals surface area contributed by atoms with Gasteiger partial charge in [0.05, 0.1) is 11.8 Å². The molecule has 6 heteroatoms. The van der Waals surface area contributed by atoms with Crippen molar-refractivity contribution in [2.75, 3.05) is 0 Å². The second-order valence-electron chi connectivity index (χ2n) is 6.01. The number of rotatable bonds is 8. The standard InChI is InChI=1S/C14H26O6/c1-9(2)8-14(7,19-17-12(15)10(3)4)20-18-13(16)11(5)6/h9-11H,8H2,1-7H3. The lowest BCUT2D eigenvalue weighted by Crippen LogP contribution is -2.37. The van der Waals surface area contributed by atoms with Crippen LogP contribution >= 0.6 is 0 Å². The van der Waals surface area contributed by atoms with Gasteiger partial charge < -0.3 is 0 Å². The SMILES string of the molecule is CC(C)CC(C)(OOC(=O)C(C)C)OOC(=O)C(C)C. The summed E-state index contributed by atoms with van der Waals surface area (Å²) in [7, 11) is 0. The molecule has 0 heterocycles. The first kappa shape index (κ1) is 18.9. The van der Waals surface area contributed by atoms with E-state index in [0.29, 0.717) is 6.42 Å². The highest BCUT2D eigenvalue weighted by molar-refractivity contribution is 5.71. The summed E-state index contributed by atoms with van der Waals surface area (Å²) in [6, 6.07) is 0. The highest BCUT2D eigenvalue weighted by atomic mass is 17.3. The third kappa shape index (κ3) is 7.45. The van der Waals surface area contributed by atoms with Gasteiger partial charge in [-0.1, -0.05) is 41.5 Å². The van der Waals surface area contributed by atoms with E-state index in [9.17, 15) is 9.59 Å². The topological polar surface area (TPSA) is 71.1 Å². The first-order valence-corrected chi connectivity index (χ1v) is 6.86. The van der Waals surface area contributed by atoms with Crippen LogP contribution in [0.4, 0.5) is 0 Å². The normalized spacial score (nSPS) is 12.1. The van der Waals surface area contributed by atoms with Crippen molar-refractivity contribution >= 4 is 11.9 Å². The van der Waals surface area contributed by atoms with Gasteiger partial charge in [-0.15, -0.1) is 9.78 Å². The van der Waals surface area contributed by atoms with E-state index in [-0.39, 0.29) is 17.8 Å². The second-order valence-corrected chi connectivity index (χ2v) is 6.01. The van der Waals surface area contributed by atoms with Crippen molar-refractivity contribution in [1.82, 2.24) is 0 Å². The van der Waals surface area contributed by atoms with Gasteiger partial charge in [-0.25, -0.2) is 9.59 Å². The van der Waals surface area contributed by atoms with Crippen molar-refractivity contribution in [2.45, 2.75) is 60.7 Å². The van der Waals surface area contributed by atoms with Crippen LogP contribution in [0.25, 0.3) is 0 Å². The molecule has 0 unspecified atom stereocenters. The summed E-state index contributed by atoms with van der Waals surface area (Å²) in [5, 5.41) is 0. The van der Waals surface area contributed by atoms with Crippen LogP contribution in [0.2, 0.25) is 0 Å². The zero-order chi connectivity index (χ0) is 15.9. The minimum atomic E-state index is -1.33. The summed E-state index contributed by atoms with van der Waals surface area (Å²) in [5.74, 6) is -2.82. The van der Waals surface area contributed by atoms with Crippen LogP contribution < -0.4 is 0 Å². The Bertz CT molecular complexity index is 298. The van der Waals surface area contributed by atoms with Crippen LogP contribution in [0, 0.1) is 17.8 Å². The molecule has 0 atom stereocenters. The van der Waals surface area contributed by atoms with Crippen LogP contribution in [0.3, 0.4) is 0 Å². The molecule has 0 aliphatic heterocycles. The summed E-state index contributed by atoms with van der Waals surface area (Å²) in [6.45, 7) is 12.2. The average Bonchev–Trinajstić information content (AvgIpc) is 2.32. The van der Waals surface area contributed by atoms with Gasteiger partial charge in [0.2, 0.25) is 0 Å². The quantitative estimate of drug-likeness (QED) is 0.389. The molecule has 118 valence electrons. The fraction of sp³-hybridized carbons (Fsp3) is 0.857. The first-order chi connectivity index (χ1) is 9.07. The molecule has 0 spiro atoms. The minimum Gasteiger partial charge on any atom is -0.295 e. The Morgan fingerprint density at radius 3 is 1.45 bits per heavy atom. The van der Waals surface area contributed by atoms with Gasteiger partial charge in [0.1, 0.15) is 0 Å². The fourth-order valence-electron chi connectivity index (χ4n) is 1.27. The molecule has 0 N–H and O–H groups in total. The molecule has 0 aliphatic rings. The molecule has 6 nitrogen and oxygen atoms in total. The minimum absolute atomic E-state index is 0.190. The molecule has 0 radical (unpaired) electrons. The maximum absolute atomic E-state index is 11.4. The maximum atomic E-state index is 11.4. The third-order valence-electron chi connectivity index (χ3n) is 2.32. The molecule has 0 aromatic rings. The van der Waals surface area contributed by atoms with E-state index >= 15 is 0 Å². The molecule has 0 amide bonds. The Balaban J connectivity index is 4.57. The molecule has 20 heavy (non-hydrogen) atoms. The molecular formula is C14H26O6. The van der Waals surface area contributed by atoms with Gasteiger partial charge >= 0.3 is 11.9 Å². The van der Waals surface area contributed by atoms with Crippen LogP contribution in [0.15, 0.2) is 0 Å². The van der Waals surface area contributed by atoms with E-state index in [1.54, 1.807) is 34.6 Å². The largest absolute Gasteiger partial charge is 0.345 e.